The molecule has 30 heavy (non-hydrogen) atoms. The molecule has 0 fully saturated rings. The van der Waals surface area contributed by atoms with Crippen molar-refractivity contribution in [2.45, 2.75) is 4.90 Å². The molecule has 3 aromatic rings. The zero-order valence-corrected chi connectivity index (χ0v) is 17.6. The third-order valence-corrected chi connectivity index (χ3v) is 5.63. The molecule has 0 unspecified atom stereocenters. The molecule has 7 nitrogen and oxygen atoms in total. The van der Waals surface area contributed by atoms with Crippen LogP contribution in [-0.2, 0) is 10.0 Å². The van der Waals surface area contributed by atoms with Crippen LogP contribution in [0.15, 0.2) is 83.8 Å². The fraction of sp³-hybridized carbons (Fsp3) is 0.0476. The zero-order chi connectivity index (χ0) is 21.6. The van der Waals surface area contributed by atoms with Crippen LogP contribution in [0.3, 0.4) is 0 Å². The van der Waals surface area contributed by atoms with Gasteiger partial charge in [-0.1, -0.05) is 18.2 Å². The molecular weight excluding hydrogens is 422 g/mol. The van der Waals surface area contributed by atoms with Gasteiger partial charge in [0.15, 0.2) is 5.11 Å². The average molecular weight is 442 g/mol. The lowest BCUT2D eigenvalue weighted by Gasteiger charge is -2.11. The molecule has 0 aliphatic heterocycles. The fourth-order valence-electron chi connectivity index (χ4n) is 2.52. The van der Waals surface area contributed by atoms with Crippen molar-refractivity contribution in [3.63, 3.8) is 0 Å². The maximum absolute atomic E-state index is 12.5. The number of amides is 1. The highest BCUT2D eigenvalue weighted by atomic mass is 32.2. The Morgan fingerprint density at radius 1 is 0.867 bits per heavy atom. The van der Waals surface area contributed by atoms with Gasteiger partial charge in [0, 0.05) is 16.9 Å². The molecule has 0 heterocycles. The molecule has 9 heteroatoms. The van der Waals surface area contributed by atoms with Gasteiger partial charge in [0.2, 0.25) is 0 Å². The summed E-state index contributed by atoms with van der Waals surface area (Å²) in [6.07, 6.45) is 0. The first-order valence-electron chi connectivity index (χ1n) is 8.82. The molecule has 0 radical (unpaired) electrons. The number of benzene rings is 3. The summed E-state index contributed by atoms with van der Waals surface area (Å²) in [7, 11) is -2.22. The Bertz CT molecular complexity index is 1130. The number of hydrogen-bond donors (Lipinski definition) is 3. The highest BCUT2D eigenvalue weighted by molar-refractivity contribution is 7.92. The molecule has 1 amide bonds. The van der Waals surface area contributed by atoms with E-state index in [9.17, 15) is 13.2 Å². The van der Waals surface area contributed by atoms with Crippen LogP contribution in [0.1, 0.15) is 10.4 Å². The minimum Gasteiger partial charge on any atom is -0.497 e. The number of hydrogen-bond acceptors (Lipinski definition) is 5. The van der Waals surface area contributed by atoms with Gasteiger partial charge >= 0.3 is 0 Å². The Morgan fingerprint density at radius 2 is 1.47 bits per heavy atom. The van der Waals surface area contributed by atoms with Crippen molar-refractivity contribution in [3.8, 4) is 5.75 Å². The van der Waals surface area contributed by atoms with Gasteiger partial charge in [-0.15, -0.1) is 0 Å². The molecule has 0 aliphatic carbocycles. The van der Waals surface area contributed by atoms with Crippen LogP contribution in [0.5, 0.6) is 5.75 Å². The summed E-state index contributed by atoms with van der Waals surface area (Å²) in [5, 5.41) is 5.53. The van der Waals surface area contributed by atoms with Crippen LogP contribution in [-0.4, -0.2) is 26.5 Å². The minimum absolute atomic E-state index is 0.0862. The first kappa shape index (κ1) is 21.3. The SMILES string of the molecule is COc1ccc(NS(=O)(=O)c2ccc(NC(=S)NC(=O)c3ccccc3)cc2)cc1. The van der Waals surface area contributed by atoms with Gasteiger partial charge in [-0.3, -0.25) is 14.8 Å². The Kier molecular flexibility index (Phi) is 6.65. The van der Waals surface area contributed by atoms with E-state index < -0.39 is 10.0 Å². The molecule has 3 N–H and O–H groups in total. The number of carbonyl (C=O) groups excluding carboxylic acids is 1. The van der Waals surface area contributed by atoms with Crippen molar-refractivity contribution >= 4 is 44.6 Å². The lowest BCUT2D eigenvalue weighted by molar-refractivity contribution is 0.0977. The van der Waals surface area contributed by atoms with Gasteiger partial charge in [-0.25, -0.2) is 8.42 Å². The van der Waals surface area contributed by atoms with Crippen LogP contribution < -0.4 is 20.1 Å². The summed E-state index contributed by atoms with van der Waals surface area (Å²) < 4.78 is 32.7. The average Bonchev–Trinajstić information content (AvgIpc) is 2.75. The summed E-state index contributed by atoms with van der Waals surface area (Å²) in [5.74, 6) is 0.291. The van der Waals surface area contributed by atoms with Crippen LogP contribution in [0.2, 0.25) is 0 Å². The second-order valence-corrected chi connectivity index (χ2v) is 8.22. The Labute approximate surface area is 180 Å². The highest BCUT2D eigenvalue weighted by Gasteiger charge is 2.14. The van der Waals surface area contributed by atoms with E-state index in [0.717, 1.165) is 0 Å². The summed E-state index contributed by atoms with van der Waals surface area (Å²) >= 11 is 5.14. The Balaban J connectivity index is 1.62. The van der Waals surface area contributed by atoms with E-state index in [1.54, 1.807) is 60.7 Å². The summed E-state index contributed by atoms with van der Waals surface area (Å²) in [6.45, 7) is 0. The fourth-order valence-corrected chi connectivity index (χ4v) is 3.79. The van der Waals surface area contributed by atoms with Gasteiger partial charge in [0.1, 0.15) is 5.75 Å². The molecule has 0 saturated carbocycles. The normalized spacial score (nSPS) is 10.7. The number of anilines is 2. The molecule has 3 rings (SSSR count). The molecule has 3 aromatic carbocycles. The van der Waals surface area contributed by atoms with Gasteiger partial charge in [-0.2, -0.15) is 0 Å². The van der Waals surface area contributed by atoms with Crippen molar-refractivity contribution in [2.24, 2.45) is 0 Å². The lowest BCUT2D eigenvalue weighted by Crippen LogP contribution is -2.34. The second-order valence-electron chi connectivity index (χ2n) is 6.13. The maximum atomic E-state index is 12.5. The van der Waals surface area contributed by atoms with Crippen molar-refractivity contribution in [2.75, 3.05) is 17.1 Å². The van der Waals surface area contributed by atoms with Crippen LogP contribution in [0.4, 0.5) is 11.4 Å². The van der Waals surface area contributed by atoms with E-state index in [-0.39, 0.29) is 15.9 Å². The third kappa shape index (κ3) is 5.56. The van der Waals surface area contributed by atoms with Crippen molar-refractivity contribution in [1.82, 2.24) is 5.32 Å². The van der Waals surface area contributed by atoms with E-state index in [2.05, 4.69) is 15.4 Å². The Hall–Kier alpha value is -3.43. The number of ether oxygens (including phenoxy) is 1. The number of carbonyl (C=O) groups is 1. The minimum atomic E-state index is -3.75. The van der Waals surface area contributed by atoms with Gasteiger partial charge < -0.3 is 10.1 Å². The largest absolute Gasteiger partial charge is 0.497 e. The van der Waals surface area contributed by atoms with Crippen LogP contribution >= 0.6 is 12.2 Å². The molecule has 154 valence electrons. The van der Waals surface area contributed by atoms with E-state index >= 15 is 0 Å². The monoisotopic (exact) mass is 441 g/mol. The standard InChI is InChI=1S/C21H19N3O4S2/c1-28-18-11-7-17(8-12-18)24-30(26,27)19-13-9-16(10-14-19)22-21(29)23-20(25)15-5-3-2-4-6-15/h2-14,24H,1H3,(H2,22,23,25,29). The van der Waals surface area contributed by atoms with E-state index in [0.29, 0.717) is 22.7 Å². The van der Waals surface area contributed by atoms with Gasteiger partial charge in [-0.05, 0) is 72.9 Å². The van der Waals surface area contributed by atoms with Crippen molar-refractivity contribution in [3.05, 3.63) is 84.4 Å². The zero-order valence-electron chi connectivity index (χ0n) is 16.0. The summed E-state index contributed by atoms with van der Waals surface area (Å²) in [4.78, 5) is 12.2. The van der Waals surface area contributed by atoms with E-state index in [1.165, 1.54) is 19.2 Å². The van der Waals surface area contributed by atoms with Gasteiger partial charge in [0.25, 0.3) is 15.9 Å². The second kappa shape index (κ2) is 9.38. The number of methoxy groups -OCH3 is 1. The number of nitrogens with one attached hydrogen (secondary N) is 3. The van der Waals surface area contributed by atoms with E-state index in [4.69, 9.17) is 17.0 Å². The quantitative estimate of drug-likeness (QED) is 0.506. The third-order valence-electron chi connectivity index (χ3n) is 4.03. The molecular formula is C21H19N3O4S2. The van der Waals surface area contributed by atoms with Crippen LogP contribution in [0, 0.1) is 0 Å². The first-order valence-corrected chi connectivity index (χ1v) is 10.7. The number of rotatable bonds is 6. The Morgan fingerprint density at radius 3 is 2.07 bits per heavy atom. The predicted octanol–water partition coefficient (Wildman–Crippen LogP) is 3.62. The van der Waals surface area contributed by atoms with Crippen LogP contribution in [0.25, 0.3) is 0 Å². The number of thiocarbonyl (C=S) groups is 1. The van der Waals surface area contributed by atoms with Crippen molar-refractivity contribution < 1.29 is 17.9 Å². The van der Waals surface area contributed by atoms with E-state index in [1.807, 2.05) is 6.07 Å². The summed E-state index contributed by atoms with van der Waals surface area (Å²) in [5.41, 5.74) is 1.44. The molecule has 0 aromatic heterocycles. The van der Waals surface area contributed by atoms with Gasteiger partial charge in [0.05, 0.1) is 12.0 Å². The predicted molar refractivity (Wildman–Crippen MR) is 120 cm³/mol. The topological polar surface area (TPSA) is 96.5 Å². The molecule has 0 aliphatic rings. The summed E-state index contributed by atoms with van der Waals surface area (Å²) in [6, 6.07) is 21.2. The number of sulfonamides is 1. The first-order chi connectivity index (χ1) is 14.4. The highest BCUT2D eigenvalue weighted by Crippen LogP contribution is 2.20. The molecule has 0 atom stereocenters. The molecule has 0 spiro atoms. The molecule has 0 bridgehead atoms. The lowest BCUT2D eigenvalue weighted by atomic mass is 10.2. The van der Waals surface area contributed by atoms with Crippen molar-refractivity contribution in [1.29, 1.82) is 0 Å². The smallest absolute Gasteiger partial charge is 0.261 e. The maximum Gasteiger partial charge on any atom is 0.261 e. The molecule has 0 saturated heterocycles.